The van der Waals surface area contributed by atoms with Crippen LogP contribution in [0.15, 0.2) is 24.9 Å². The summed E-state index contributed by atoms with van der Waals surface area (Å²) in [5.41, 5.74) is 0. The maximum atomic E-state index is 3.67. The third kappa shape index (κ3) is 3.26. The molecule has 0 amide bonds. The number of hydrogen-bond acceptors (Lipinski definition) is 1. The Morgan fingerprint density at radius 1 is 1.18 bits per heavy atom. The number of rotatable bonds is 3. The van der Waals surface area contributed by atoms with Crippen molar-refractivity contribution >= 4 is 0 Å². The first kappa shape index (κ1) is 8.38. The fraction of sp³-hybridized carbons (Fsp3) is 0.600. The molecule has 0 spiro atoms. The van der Waals surface area contributed by atoms with Crippen LogP contribution in [0.1, 0.15) is 25.7 Å². The Bertz CT molecular complexity index is 132. The molecule has 1 aliphatic heterocycles. The van der Waals surface area contributed by atoms with Crippen LogP contribution in [0, 0.1) is 0 Å². The van der Waals surface area contributed by atoms with E-state index in [9.17, 15) is 0 Å². The van der Waals surface area contributed by atoms with E-state index in [4.69, 9.17) is 0 Å². The molecule has 1 nitrogen and oxygen atoms in total. The van der Waals surface area contributed by atoms with E-state index in [2.05, 4.69) is 23.8 Å². The largest absolute Gasteiger partial charge is 0.378 e. The van der Waals surface area contributed by atoms with Gasteiger partial charge >= 0.3 is 0 Å². The van der Waals surface area contributed by atoms with Gasteiger partial charge < -0.3 is 4.90 Å². The van der Waals surface area contributed by atoms with Crippen molar-refractivity contribution in [2.75, 3.05) is 13.1 Å². The van der Waals surface area contributed by atoms with Gasteiger partial charge in [-0.15, -0.1) is 6.58 Å². The fourth-order valence-corrected chi connectivity index (χ4v) is 1.37. The molecule has 0 unspecified atom stereocenters. The van der Waals surface area contributed by atoms with Crippen LogP contribution >= 0.6 is 0 Å². The minimum Gasteiger partial charge on any atom is -0.378 e. The maximum Gasteiger partial charge on any atom is 0.0172 e. The third-order valence-electron chi connectivity index (χ3n) is 2.01. The van der Waals surface area contributed by atoms with E-state index in [1.165, 1.54) is 32.4 Å². The molecule has 0 atom stereocenters. The van der Waals surface area contributed by atoms with Crippen molar-refractivity contribution in [3.63, 3.8) is 0 Å². The smallest absolute Gasteiger partial charge is 0.0172 e. The van der Waals surface area contributed by atoms with Crippen molar-refractivity contribution in [2.24, 2.45) is 0 Å². The molecule has 1 fully saturated rings. The Hall–Kier alpha value is -0.720. The Kier molecular flexibility index (Phi) is 3.81. The second-order valence-electron chi connectivity index (χ2n) is 3.01. The summed E-state index contributed by atoms with van der Waals surface area (Å²) in [5.74, 6) is 0. The SMILES string of the molecule is C=CCC=CN1CCCCC1. The summed E-state index contributed by atoms with van der Waals surface area (Å²) >= 11 is 0. The fourth-order valence-electron chi connectivity index (χ4n) is 1.37. The standard InChI is InChI=1S/C10H17N/c1-2-3-5-8-11-9-6-4-7-10-11/h2,5,8H,1,3-4,6-7,9-10H2. The van der Waals surface area contributed by atoms with Crippen LogP contribution in [0.3, 0.4) is 0 Å². The van der Waals surface area contributed by atoms with Crippen LogP contribution in [0.25, 0.3) is 0 Å². The van der Waals surface area contributed by atoms with Gasteiger partial charge in [-0.3, -0.25) is 0 Å². The van der Waals surface area contributed by atoms with E-state index in [1.54, 1.807) is 0 Å². The van der Waals surface area contributed by atoms with Crippen LogP contribution in [-0.4, -0.2) is 18.0 Å². The van der Waals surface area contributed by atoms with Crippen molar-refractivity contribution in [1.29, 1.82) is 0 Å². The van der Waals surface area contributed by atoms with Crippen molar-refractivity contribution in [1.82, 2.24) is 4.90 Å². The highest BCUT2D eigenvalue weighted by atomic mass is 15.1. The number of allylic oxidation sites excluding steroid dienone is 2. The van der Waals surface area contributed by atoms with E-state index in [-0.39, 0.29) is 0 Å². The van der Waals surface area contributed by atoms with Crippen LogP contribution in [0.5, 0.6) is 0 Å². The first-order valence-corrected chi connectivity index (χ1v) is 4.45. The van der Waals surface area contributed by atoms with Crippen LogP contribution in [0.4, 0.5) is 0 Å². The zero-order valence-corrected chi connectivity index (χ0v) is 7.13. The van der Waals surface area contributed by atoms with Crippen LogP contribution in [-0.2, 0) is 0 Å². The second-order valence-corrected chi connectivity index (χ2v) is 3.01. The van der Waals surface area contributed by atoms with Crippen molar-refractivity contribution in [3.05, 3.63) is 24.9 Å². The molecular formula is C10H17N. The molecule has 11 heavy (non-hydrogen) atoms. The van der Waals surface area contributed by atoms with E-state index >= 15 is 0 Å². The molecule has 0 aliphatic carbocycles. The average molecular weight is 151 g/mol. The Labute approximate surface area is 69.4 Å². The minimum atomic E-state index is 0.997. The van der Waals surface area contributed by atoms with Crippen molar-refractivity contribution in [2.45, 2.75) is 25.7 Å². The van der Waals surface area contributed by atoms with Crippen molar-refractivity contribution < 1.29 is 0 Å². The van der Waals surface area contributed by atoms with E-state index in [0.29, 0.717) is 0 Å². The predicted molar refractivity (Wildman–Crippen MR) is 49.4 cm³/mol. The molecule has 0 N–H and O–H groups in total. The molecule has 1 heterocycles. The monoisotopic (exact) mass is 151 g/mol. The Balaban J connectivity index is 2.18. The van der Waals surface area contributed by atoms with Gasteiger partial charge in [0.25, 0.3) is 0 Å². The van der Waals surface area contributed by atoms with Gasteiger partial charge in [-0.2, -0.15) is 0 Å². The van der Waals surface area contributed by atoms with Gasteiger partial charge in [-0.25, -0.2) is 0 Å². The molecule has 1 rings (SSSR count). The summed E-state index contributed by atoms with van der Waals surface area (Å²) in [6.45, 7) is 6.16. The molecule has 0 aromatic heterocycles. The number of piperidine rings is 1. The van der Waals surface area contributed by atoms with Gasteiger partial charge in [0, 0.05) is 13.1 Å². The Morgan fingerprint density at radius 3 is 2.55 bits per heavy atom. The zero-order chi connectivity index (χ0) is 7.94. The highest BCUT2D eigenvalue weighted by Crippen LogP contribution is 2.08. The van der Waals surface area contributed by atoms with E-state index in [0.717, 1.165) is 6.42 Å². The van der Waals surface area contributed by atoms with E-state index < -0.39 is 0 Å². The zero-order valence-electron chi connectivity index (χ0n) is 7.13. The minimum absolute atomic E-state index is 0.997. The quantitative estimate of drug-likeness (QED) is 0.560. The van der Waals surface area contributed by atoms with Crippen molar-refractivity contribution in [3.8, 4) is 0 Å². The normalized spacial score (nSPS) is 19.1. The van der Waals surface area contributed by atoms with Gasteiger partial charge in [-0.05, 0) is 31.9 Å². The molecule has 0 aromatic carbocycles. The van der Waals surface area contributed by atoms with Crippen LogP contribution < -0.4 is 0 Å². The number of nitrogens with zero attached hydrogens (tertiary/aromatic N) is 1. The van der Waals surface area contributed by atoms with Gasteiger partial charge in [0.05, 0.1) is 0 Å². The lowest BCUT2D eigenvalue weighted by Crippen LogP contribution is -2.23. The molecule has 0 bridgehead atoms. The molecule has 1 saturated heterocycles. The first-order valence-electron chi connectivity index (χ1n) is 4.45. The van der Waals surface area contributed by atoms with Gasteiger partial charge in [0.1, 0.15) is 0 Å². The second kappa shape index (κ2) is 5.00. The Morgan fingerprint density at radius 2 is 1.91 bits per heavy atom. The van der Waals surface area contributed by atoms with Crippen LogP contribution in [0.2, 0.25) is 0 Å². The number of likely N-dealkylation sites (tertiary alicyclic amines) is 1. The summed E-state index contributed by atoms with van der Waals surface area (Å²) in [7, 11) is 0. The third-order valence-corrected chi connectivity index (χ3v) is 2.01. The van der Waals surface area contributed by atoms with Gasteiger partial charge in [-0.1, -0.05) is 12.2 Å². The summed E-state index contributed by atoms with van der Waals surface area (Å²) < 4.78 is 0. The molecule has 0 aromatic rings. The number of hydrogen-bond donors (Lipinski definition) is 0. The molecule has 0 saturated carbocycles. The maximum absolute atomic E-state index is 3.67. The first-order chi connectivity index (χ1) is 5.43. The summed E-state index contributed by atoms with van der Waals surface area (Å²) in [6.07, 6.45) is 11.4. The van der Waals surface area contributed by atoms with E-state index in [1.807, 2.05) is 6.08 Å². The van der Waals surface area contributed by atoms with Gasteiger partial charge in [0.15, 0.2) is 0 Å². The average Bonchev–Trinajstić information content (AvgIpc) is 2.07. The highest BCUT2D eigenvalue weighted by molar-refractivity contribution is 4.89. The lowest BCUT2D eigenvalue weighted by molar-refractivity contribution is 0.309. The summed E-state index contributed by atoms with van der Waals surface area (Å²) in [4.78, 5) is 2.40. The molecule has 0 radical (unpaired) electrons. The lowest BCUT2D eigenvalue weighted by atomic mass is 10.1. The summed E-state index contributed by atoms with van der Waals surface area (Å²) in [6, 6.07) is 0. The van der Waals surface area contributed by atoms with Gasteiger partial charge in [0.2, 0.25) is 0 Å². The topological polar surface area (TPSA) is 3.24 Å². The predicted octanol–water partition coefficient (Wildman–Crippen LogP) is 2.56. The molecule has 1 heteroatoms. The summed E-state index contributed by atoms with van der Waals surface area (Å²) in [5, 5.41) is 0. The molecule has 62 valence electrons. The highest BCUT2D eigenvalue weighted by Gasteiger charge is 2.03. The lowest BCUT2D eigenvalue weighted by Gasteiger charge is -2.24. The molecular weight excluding hydrogens is 134 g/mol. The molecule has 1 aliphatic rings.